The molecule has 0 amide bonds. The van der Waals surface area contributed by atoms with E-state index < -0.39 is 10.0 Å². The van der Waals surface area contributed by atoms with Gasteiger partial charge in [0.1, 0.15) is 5.84 Å². The Balaban J connectivity index is 2.25. The fraction of sp³-hybridized carbons (Fsp3) is 0.417. The summed E-state index contributed by atoms with van der Waals surface area (Å²) in [5.74, 6) is 0.674. The van der Waals surface area contributed by atoms with Gasteiger partial charge >= 0.3 is 0 Å². The zero-order valence-electron chi connectivity index (χ0n) is 10.4. The van der Waals surface area contributed by atoms with E-state index >= 15 is 0 Å². The second-order valence-corrected chi connectivity index (χ2v) is 6.00. The molecule has 0 spiro atoms. The summed E-state index contributed by atoms with van der Waals surface area (Å²) >= 11 is 0. The Hall–Kier alpha value is -1.40. The predicted octanol–water partition coefficient (Wildman–Crippen LogP) is 1.01. The van der Waals surface area contributed by atoms with Crippen LogP contribution in [0, 0.1) is 5.92 Å². The fourth-order valence-electron chi connectivity index (χ4n) is 1.84. The molecule has 18 heavy (non-hydrogen) atoms. The van der Waals surface area contributed by atoms with Crippen LogP contribution in [0.1, 0.15) is 12.5 Å². The van der Waals surface area contributed by atoms with E-state index in [1.54, 1.807) is 31.4 Å². The normalized spacial score (nSPS) is 20.4. The van der Waals surface area contributed by atoms with Crippen LogP contribution in [0.4, 0.5) is 0 Å². The van der Waals surface area contributed by atoms with Gasteiger partial charge in [-0.1, -0.05) is 19.1 Å². The Kier molecular flexibility index (Phi) is 3.68. The number of hydrogen-bond acceptors (Lipinski definition) is 4. The van der Waals surface area contributed by atoms with Gasteiger partial charge in [0, 0.05) is 19.2 Å². The topological polar surface area (TPSA) is 67.8 Å². The van der Waals surface area contributed by atoms with Gasteiger partial charge in [0.15, 0.2) is 0 Å². The van der Waals surface area contributed by atoms with Crippen LogP contribution in [0.15, 0.2) is 34.2 Å². The standard InChI is InChI=1S/C12H16N2O3S/c1-9(8-17-2)7-13-12-10-5-3-4-6-11(10)18(15,16)14-12/h3-6,9H,7-8H2,1-2H3,(H,13,14). The number of nitrogens with one attached hydrogen (secondary N) is 1. The van der Waals surface area contributed by atoms with E-state index in [2.05, 4.69) is 9.71 Å². The van der Waals surface area contributed by atoms with Crippen LogP contribution in [0.2, 0.25) is 0 Å². The van der Waals surface area contributed by atoms with Crippen molar-refractivity contribution in [3.63, 3.8) is 0 Å². The number of methoxy groups -OCH3 is 1. The van der Waals surface area contributed by atoms with E-state index in [-0.39, 0.29) is 5.92 Å². The van der Waals surface area contributed by atoms with Crippen LogP contribution in [-0.2, 0) is 14.8 Å². The lowest BCUT2D eigenvalue weighted by Crippen LogP contribution is -2.23. The predicted molar refractivity (Wildman–Crippen MR) is 69.2 cm³/mol. The number of nitrogens with zero attached hydrogens (tertiary/aromatic N) is 1. The molecule has 0 saturated carbocycles. The number of amidine groups is 1. The Labute approximate surface area is 107 Å². The van der Waals surface area contributed by atoms with Gasteiger partial charge < -0.3 is 4.74 Å². The number of rotatable bonds is 4. The molecule has 0 radical (unpaired) electrons. The molecule has 6 heteroatoms. The minimum absolute atomic E-state index is 0.250. The molecular weight excluding hydrogens is 252 g/mol. The van der Waals surface area contributed by atoms with Crippen molar-refractivity contribution in [1.29, 1.82) is 0 Å². The van der Waals surface area contributed by atoms with Gasteiger partial charge in [-0.25, -0.2) is 8.42 Å². The van der Waals surface area contributed by atoms with Gasteiger partial charge in [0.25, 0.3) is 10.0 Å². The highest BCUT2D eigenvalue weighted by Crippen LogP contribution is 2.22. The minimum atomic E-state index is -3.43. The second kappa shape index (κ2) is 5.07. The van der Waals surface area contributed by atoms with Gasteiger partial charge in [-0.05, 0) is 18.1 Å². The minimum Gasteiger partial charge on any atom is -0.384 e. The van der Waals surface area contributed by atoms with E-state index in [1.807, 2.05) is 6.92 Å². The molecule has 2 rings (SSSR count). The highest BCUT2D eigenvalue weighted by atomic mass is 32.2. The number of ether oxygens (including phenoxy) is 1. The molecule has 1 heterocycles. The van der Waals surface area contributed by atoms with Crippen LogP contribution in [0.5, 0.6) is 0 Å². The fourth-order valence-corrected chi connectivity index (χ4v) is 3.09. The molecule has 0 aromatic heterocycles. The second-order valence-electron chi connectivity index (χ2n) is 4.35. The smallest absolute Gasteiger partial charge is 0.263 e. The van der Waals surface area contributed by atoms with Crippen LogP contribution < -0.4 is 4.72 Å². The first-order valence-corrected chi connectivity index (χ1v) is 7.18. The summed E-state index contributed by atoms with van der Waals surface area (Å²) in [5.41, 5.74) is 0.641. The molecule has 0 aliphatic carbocycles. The molecule has 1 aliphatic heterocycles. The first kappa shape index (κ1) is 13.0. The lowest BCUT2D eigenvalue weighted by molar-refractivity contribution is 0.163. The average molecular weight is 268 g/mol. The molecule has 0 bridgehead atoms. The molecule has 1 aromatic rings. The van der Waals surface area contributed by atoms with Gasteiger partial charge in [0.05, 0.1) is 11.5 Å². The maximum atomic E-state index is 11.8. The average Bonchev–Trinajstić information content (AvgIpc) is 2.60. The molecule has 0 fully saturated rings. The molecule has 1 atom stereocenters. The molecule has 1 unspecified atom stereocenters. The summed E-state index contributed by atoms with van der Waals surface area (Å²) in [5, 5.41) is 0. The Morgan fingerprint density at radius 2 is 2.11 bits per heavy atom. The monoisotopic (exact) mass is 268 g/mol. The third kappa shape index (κ3) is 2.54. The van der Waals surface area contributed by atoms with E-state index in [0.717, 1.165) is 0 Å². The summed E-state index contributed by atoms with van der Waals surface area (Å²) in [6, 6.07) is 6.84. The maximum Gasteiger partial charge on any atom is 0.263 e. The summed E-state index contributed by atoms with van der Waals surface area (Å²) in [7, 11) is -1.79. The van der Waals surface area contributed by atoms with E-state index in [9.17, 15) is 8.42 Å². The molecule has 1 N–H and O–H groups in total. The van der Waals surface area contributed by atoms with Crippen molar-refractivity contribution in [3.05, 3.63) is 29.8 Å². The van der Waals surface area contributed by atoms with Crippen molar-refractivity contribution in [2.24, 2.45) is 10.9 Å². The van der Waals surface area contributed by atoms with Crippen molar-refractivity contribution in [1.82, 2.24) is 4.72 Å². The van der Waals surface area contributed by atoms with Crippen LogP contribution in [0.25, 0.3) is 0 Å². The van der Waals surface area contributed by atoms with Crippen molar-refractivity contribution in [2.45, 2.75) is 11.8 Å². The first-order valence-electron chi connectivity index (χ1n) is 5.70. The van der Waals surface area contributed by atoms with Gasteiger partial charge in [0.2, 0.25) is 0 Å². The third-order valence-corrected chi connectivity index (χ3v) is 4.07. The van der Waals surface area contributed by atoms with Crippen molar-refractivity contribution >= 4 is 15.9 Å². The largest absolute Gasteiger partial charge is 0.384 e. The molecular formula is C12H16N2O3S. The molecule has 0 saturated heterocycles. The van der Waals surface area contributed by atoms with E-state index in [0.29, 0.717) is 29.4 Å². The van der Waals surface area contributed by atoms with Crippen LogP contribution >= 0.6 is 0 Å². The van der Waals surface area contributed by atoms with E-state index in [4.69, 9.17) is 4.74 Å². The molecule has 1 aromatic carbocycles. The lowest BCUT2D eigenvalue weighted by atomic mass is 10.2. The van der Waals surface area contributed by atoms with Crippen LogP contribution in [-0.4, -0.2) is 34.5 Å². The number of aliphatic imine (C=N–C) groups is 1. The Morgan fingerprint density at radius 3 is 2.83 bits per heavy atom. The number of sulfonamides is 1. The quantitative estimate of drug-likeness (QED) is 0.886. The Bertz CT molecular complexity index is 566. The van der Waals surface area contributed by atoms with Crippen molar-refractivity contribution in [3.8, 4) is 0 Å². The van der Waals surface area contributed by atoms with Gasteiger partial charge in [-0.15, -0.1) is 0 Å². The third-order valence-electron chi connectivity index (χ3n) is 2.67. The van der Waals surface area contributed by atoms with Crippen molar-refractivity contribution < 1.29 is 13.2 Å². The Morgan fingerprint density at radius 1 is 1.39 bits per heavy atom. The van der Waals surface area contributed by atoms with Crippen LogP contribution in [0.3, 0.4) is 0 Å². The highest BCUT2D eigenvalue weighted by Gasteiger charge is 2.29. The summed E-state index contributed by atoms with van der Waals surface area (Å²) in [4.78, 5) is 4.62. The van der Waals surface area contributed by atoms with Gasteiger partial charge in [-0.3, -0.25) is 9.71 Å². The summed E-state index contributed by atoms with van der Waals surface area (Å²) in [6.45, 7) is 3.13. The molecule has 98 valence electrons. The SMILES string of the molecule is COCC(C)CN=C1NS(=O)(=O)c2ccccc21. The lowest BCUT2D eigenvalue weighted by Gasteiger charge is -2.07. The molecule has 1 aliphatic rings. The first-order chi connectivity index (χ1) is 8.54. The maximum absolute atomic E-state index is 11.8. The number of benzene rings is 1. The molecule has 5 nitrogen and oxygen atoms in total. The zero-order valence-corrected chi connectivity index (χ0v) is 11.2. The highest BCUT2D eigenvalue weighted by molar-refractivity contribution is 7.90. The summed E-state index contributed by atoms with van der Waals surface area (Å²) in [6.07, 6.45) is 0. The number of fused-ring (bicyclic) bond motifs is 1. The number of hydrogen-bond donors (Lipinski definition) is 1. The summed E-state index contributed by atoms with van der Waals surface area (Å²) < 4.78 is 31.1. The van der Waals surface area contributed by atoms with Crippen molar-refractivity contribution in [2.75, 3.05) is 20.3 Å². The van der Waals surface area contributed by atoms with Gasteiger partial charge in [-0.2, -0.15) is 0 Å². The zero-order chi connectivity index (χ0) is 13.2. The van der Waals surface area contributed by atoms with E-state index in [1.165, 1.54) is 0 Å².